The van der Waals surface area contributed by atoms with Crippen LogP contribution in [0.3, 0.4) is 0 Å². The van der Waals surface area contributed by atoms with Crippen molar-refractivity contribution >= 4 is 28.8 Å². The lowest BCUT2D eigenvalue weighted by Gasteiger charge is -2.38. The van der Waals surface area contributed by atoms with E-state index in [0.29, 0.717) is 24.3 Å². The van der Waals surface area contributed by atoms with Gasteiger partial charge in [-0.05, 0) is 86.6 Å². The maximum absolute atomic E-state index is 13.0. The van der Waals surface area contributed by atoms with Gasteiger partial charge in [-0.25, -0.2) is 4.98 Å². The Hall–Kier alpha value is -2.56. The van der Waals surface area contributed by atoms with Crippen LogP contribution in [-0.2, 0) is 11.2 Å². The van der Waals surface area contributed by atoms with Crippen molar-refractivity contribution in [1.29, 1.82) is 0 Å². The van der Waals surface area contributed by atoms with Crippen LogP contribution < -0.4 is 15.1 Å². The first-order valence-corrected chi connectivity index (χ1v) is 12.2. The van der Waals surface area contributed by atoms with Gasteiger partial charge in [0.25, 0.3) is 0 Å². The molecule has 4 aliphatic rings. The van der Waals surface area contributed by atoms with Crippen LogP contribution in [0.4, 0.5) is 22.9 Å². The van der Waals surface area contributed by atoms with E-state index in [-0.39, 0.29) is 0 Å². The van der Waals surface area contributed by atoms with E-state index in [9.17, 15) is 4.79 Å². The highest BCUT2D eigenvalue weighted by atomic mass is 16.2. The fourth-order valence-corrected chi connectivity index (χ4v) is 6.40. The molecule has 3 unspecified atom stereocenters. The number of carbonyl (C=O) groups excluding carboxylic acids is 1. The van der Waals surface area contributed by atoms with Crippen LogP contribution >= 0.6 is 0 Å². The maximum atomic E-state index is 13.0. The van der Waals surface area contributed by atoms with E-state index in [2.05, 4.69) is 50.4 Å². The summed E-state index contributed by atoms with van der Waals surface area (Å²) >= 11 is 0. The third-order valence-corrected chi connectivity index (χ3v) is 7.99. The zero-order valence-corrected chi connectivity index (χ0v) is 18.2. The zero-order valence-electron chi connectivity index (χ0n) is 18.2. The molecule has 162 valence electrons. The van der Waals surface area contributed by atoms with Crippen molar-refractivity contribution in [3.05, 3.63) is 42.1 Å². The Morgan fingerprint density at radius 3 is 2.55 bits per heavy atom. The largest absolute Gasteiger partial charge is 0.372 e. The lowest BCUT2D eigenvalue weighted by Crippen LogP contribution is -2.46. The van der Waals surface area contributed by atoms with Crippen LogP contribution in [0.15, 0.2) is 36.5 Å². The summed E-state index contributed by atoms with van der Waals surface area (Å²) < 4.78 is 0. The Bertz CT molecular complexity index is 966. The van der Waals surface area contributed by atoms with Gasteiger partial charge in [-0.3, -0.25) is 4.79 Å². The molecule has 5 heteroatoms. The standard InChI is InChI=1S/C26H32N4O/c31-26-11-6-20-17-27-25(16-24(20)30(26)23-15-18-4-5-19(23)14-18)28-21-7-9-22(10-8-21)29-12-2-1-3-13-29/h7-10,16-19,23H,1-6,11-15H2,(H,27,28). The molecule has 31 heavy (non-hydrogen) atoms. The number of hydrogen-bond donors (Lipinski definition) is 1. The molecular weight excluding hydrogens is 384 g/mol. The molecule has 2 aromatic rings. The topological polar surface area (TPSA) is 48.5 Å². The molecule has 5 nitrogen and oxygen atoms in total. The number of aromatic nitrogens is 1. The van der Waals surface area contributed by atoms with E-state index in [1.54, 1.807) is 0 Å². The molecule has 1 amide bonds. The predicted octanol–water partition coefficient (Wildman–Crippen LogP) is 5.28. The van der Waals surface area contributed by atoms with Crippen LogP contribution in [0.1, 0.15) is 56.9 Å². The Morgan fingerprint density at radius 2 is 1.81 bits per heavy atom. The molecule has 3 heterocycles. The lowest BCUT2D eigenvalue weighted by molar-refractivity contribution is -0.119. The summed E-state index contributed by atoms with van der Waals surface area (Å²) in [5.41, 5.74) is 4.66. The summed E-state index contributed by atoms with van der Waals surface area (Å²) in [4.78, 5) is 22.3. The minimum Gasteiger partial charge on any atom is -0.372 e. The minimum atomic E-state index is 0.299. The summed E-state index contributed by atoms with van der Waals surface area (Å²) in [6, 6.07) is 11.2. The fourth-order valence-electron chi connectivity index (χ4n) is 6.40. The van der Waals surface area contributed by atoms with Gasteiger partial charge in [0, 0.05) is 49.2 Å². The van der Waals surface area contributed by atoms with Gasteiger partial charge < -0.3 is 15.1 Å². The zero-order chi connectivity index (χ0) is 20.8. The van der Waals surface area contributed by atoms with Gasteiger partial charge in [0.1, 0.15) is 5.82 Å². The molecule has 0 radical (unpaired) electrons. The number of anilines is 4. The normalized spacial score (nSPS) is 27.5. The van der Waals surface area contributed by atoms with Crippen molar-refractivity contribution in [3.63, 3.8) is 0 Å². The Morgan fingerprint density at radius 1 is 0.968 bits per heavy atom. The van der Waals surface area contributed by atoms with Crippen LogP contribution in [-0.4, -0.2) is 30.0 Å². The number of rotatable bonds is 4. The smallest absolute Gasteiger partial charge is 0.227 e. The van der Waals surface area contributed by atoms with E-state index in [1.807, 2.05) is 6.20 Å². The van der Waals surface area contributed by atoms with E-state index in [4.69, 9.17) is 0 Å². The fraction of sp³-hybridized carbons (Fsp3) is 0.538. The van der Waals surface area contributed by atoms with Crippen LogP contribution in [0.2, 0.25) is 0 Å². The van der Waals surface area contributed by atoms with Crippen molar-refractivity contribution in [2.45, 2.75) is 63.8 Å². The Labute approximate surface area is 184 Å². The van der Waals surface area contributed by atoms with E-state index < -0.39 is 0 Å². The lowest BCUT2D eigenvalue weighted by atomic mass is 9.91. The van der Waals surface area contributed by atoms with Gasteiger partial charge in [0.15, 0.2) is 0 Å². The third kappa shape index (κ3) is 3.58. The molecule has 3 fully saturated rings. The molecule has 6 rings (SSSR count). The highest BCUT2D eigenvalue weighted by Gasteiger charge is 2.45. The number of benzene rings is 1. The van der Waals surface area contributed by atoms with Crippen LogP contribution in [0, 0.1) is 11.8 Å². The SMILES string of the molecule is O=C1CCc2cnc(Nc3ccc(N4CCCCC4)cc3)cc2N1C1CC2CCC1C2. The monoisotopic (exact) mass is 416 g/mol. The number of fused-ring (bicyclic) bond motifs is 3. The quantitative estimate of drug-likeness (QED) is 0.736. The van der Waals surface area contributed by atoms with Crippen molar-refractivity contribution < 1.29 is 4.79 Å². The Balaban J connectivity index is 1.23. The van der Waals surface area contributed by atoms with Crippen molar-refractivity contribution in [1.82, 2.24) is 4.98 Å². The van der Waals surface area contributed by atoms with Gasteiger partial charge in [-0.15, -0.1) is 0 Å². The number of amides is 1. The number of pyridine rings is 1. The summed E-state index contributed by atoms with van der Waals surface area (Å²) in [5.74, 6) is 2.64. The molecule has 3 atom stereocenters. The molecule has 1 aromatic carbocycles. The number of piperidine rings is 1. The summed E-state index contributed by atoms with van der Waals surface area (Å²) in [5, 5.41) is 3.48. The molecule has 1 aromatic heterocycles. The number of nitrogens with one attached hydrogen (secondary N) is 1. The van der Waals surface area contributed by atoms with Crippen LogP contribution in [0.25, 0.3) is 0 Å². The van der Waals surface area contributed by atoms with Gasteiger partial charge in [-0.2, -0.15) is 0 Å². The first kappa shape index (κ1) is 19.1. The molecule has 2 aliphatic heterocycles. The molecule has 1 saturated heterocycles. The van der Waals surface area contributed by atoms with Gasteiger partial charge >= 0.3 is 0 Å². The average molecular weight is 417 g/mol. The highest BCUT2D eigenvalue weighted by molar-refractivity contribution is 5.97. The first-order valence-electron chi connectivity index (χ1n) is 12.2. The molecule has 0 spiro atoms. The Kier molecular flexibility index (Phi) is 4.85. The highest BCUT2D eigenvalue weighted by Crippen LogP contribution is 2.49. The van der Waals surface area contributed by atoms with Crippen molar-refractivity contribution in [2.24, 2.45) is 11.8 Å². The number of aryl methyl sites for hydroxylation is 1. The summed E-state index contributed by atoms with van der Waals surface area (Å²) in [6.45, 7) is 2.32. The number of carbonyl (C=O) groups is 1. The molecule has 2 aliphatic carbocycles. The second-order valence-corrected chi connectivity index (χ2v) is 9.92. The predicted molar refractivity (Wildman–Crippen MR) is 125 cm³/mol. The van der Waals surface area contributed by atoms with E-state index >= 15 is 0 Å². The molecule has 2 saturated carbocycles. The van der Waals surface area contributed by atoms with Crippen molar-refractivity contribution in [2.75, 3.05) is 28.2 Å². The van der Waals surface area contributed by atoms with Gasteiger partial charge in [-0.1, -0.05) is 6.42 Å². The first-order chi connectivity index (χ1) is 15.2. The van der Waals surface area contributed by atoms with Crippen LogP contribution in [0.5, 0.6) is 0 Å². The molecular formula is C26H32N4O. The molecule has 1 N–H and O–H groups in total. The van der Waals surface area contributed by atoms with E-state index in [1.165, 1.54) is 56.2 Å². The maximum Gasteiger partial charge on any atom is 0.227 e. The number of nitrogens with zero attached hydrogens (tertiary/aromatic N) is 3. The molecule has 2 bridgehead atoms. The van der Waals surface area contributed by atoms with Gasteiger partial charge in [0.05, 0.1) is 5.69 Å². The van der Waals surface area contributed by atoms with Gasteiger partial charge in [0.2, 0.25) is 5.91 Å². The van der Waals surface area contributed by atoms with Crippen molar-refractivity contribution in [3.8, 4) is 0 Å². The average Bonchev–Trinajstić information content (AvgIpc) is 3.44. The summed E-state index contributed by atoms with van der Waals surface area (Å²) in [6.07, 6.45) is 12.5. The third-order valence-electron chi connectivity index (χ3n) is 7.99. The summed E-state index contributed by atoms with van der Waals surface area (Å²) in [7, 11) is 0. The number of hydrogen-bond acceptors (Lipinski definition) is 4. The minimum absolute atomic E-state index is 0.299. The second kappa shape index (κ2) is 7.85. The second-order valence-electron chi connectivity index (χ2n) is 9.92. The van der Waals surface area contributed by atoms with E-state index in [0.717, 1.165) is 42.6 Å².